The Bertz CT molecular complexity index is 965. The summed E-state index contributed by atoms with van der Waals surface area (Å²) in [5.74, 6) is -4.58. The Morgan fingerprint density at radius 3 is 2.19 bits per heavy atom. The Kier molecular flexibility index (Phi) is 10.2. The molecule has 1 aromatic carbocycles. The van der Waals surface area contributed by atoms with Crippen molar-refractivity contribution in [3.8, 4) is 5.75 Å². The number of carboxylic acids is 2. The molecule has 0 aliphatic carbocycles. The van der Waals surface area contributed by atoms with Crippen LogP contribution in [0.1, 0.15) is 45.1 Å². The molecule has 0 bridgehead atoms. The van der Waals surface area contributed by atoms with Crippen molar-refractivity contribution in [2.45, 2.75) is 70.1 Å². The number of nitrogens with two attached hydrogens (primary N) is 1. The van der Waals surface area contributed by atoms with Crippen LogP contribution in [0.4, 0.5) is 0 Å². The maximum absolute atomic E-state index is 13.3. The van der Waals surface area contributed by atoms with E-state index < -0.39 is 60.2 Å². The fraction of sp³-hybridized carbons (Fsp3) is 0.542. The van der Waals surface area contributed by atoms with Crippen LogP contribution in [0.2, 0.25) is 0 Å². The summed E-state index contributed by atoms with van der Waals surface area (Å²) in [6.45, 7) is 3.66. The monoisotopic (exact) mass is 506 g/mol. The number of aliphatic carboxylic acids is 2. The maximum Gasteiger partial charge on any atom is 0.326 e. The van der Waals surface area contributed by atoms with Crippen molar-refractivity contribution in [2.75, 3.05) is 6.54 Å². The van der Waals surface area contributed by atoms with Crippen molar-refractivity contribution in [3.63, 3.8) is 0 Å². The van der Waals surface area contributed by atoms with E-state index >= 15 is 0 Å². The molecule has 4 unspecified atom stereocenters. The largest absolute Gasteiger partial charge is 0.508 e. The van der Waals surface area contributed by atoms with Crippen LogP contribution in [0.5, 0.6) is 5.75 Å². The van der Waals surface area contributed by atoms with Gasteiger partial charge in [-0.3, -0.25) is 19.2 Å². The lowest BCUT2D eigenvalue weighted by Gasteiger charge is -2.29. The van der Waals surface area contributed by atoms with E-state index in [2.05, 4.69) is 10.6 Å². The molecule has 0 radical (unpaired) electrons. The minimum Gasteiger partial charge on any atom is -0.508 e. The first-order valence-electron chi connectivity index (χ1n) is 11.8. The first kappa shape index (κ1) is 28.6. The van der Waals surface area contributed by atoms with Crippen LogP contribution < -0.4 is 16.4 Å². The van der Waals surface area contributed by atoms with E-state index in [4.69, 9.17) is 10.8 Å². The highest BCUT2D eigenvalue weighted by molar-refractivity contribution is 5.94. The molecule has 1 aliphatic rings. The summed E-state index contributed by atoms with van der Waals surface area (Å²) < 4.78 is 0. The Balaban J connectivity index is 2.27. The van der Waals surface area contributed by atoms with Gasteiger partial charge in [-0.25, -0.2) is 4.79 Å². The van der Waals surface area contributed by atoms with Crippen LogP contribution >= 0.6 is 0 Å². The molecule has 2 rings (SSSR count). The van der Waals surface area contributed by atoms with Crippen molar-refractivity contribution >= 4 is 29.7 Å². The van der Waals surface area contributed by atoms with Crippen LogP contribution in [0.25, 0.3) is 0 Å². The van der Waals surface area contributed by atoms with Gasteiger partial charge < -0.3 is 36.6 Å². The average molecular weight is 507 g/mol. The van der Waals surface area contributed by atoms with Gasteiger partial charge in [-0.05, 0) is 42.9 Å². The van der Waals surface area contributed by atoms with Crippen LogP contribution in [-0.4, -0.2) is 80.6 Å². The lowest BCUT2D eigenvalue weighted by atomic mass is 10.0. The molecule has 3 amide bonds. The zero-order chi connectivity index (χ0) is 27.0. The third-order valence-corrected chi connectivity index (χ3v) is 6.11. The Hall–Kier alpha value is -3.67. The topological polar surface area (TPSA) is 199 Å². The molecule has 1 fully saturated rings. The van der Waals surface area contributed by atoms with Crippen LogP contribution in [0.3, 0.4) is 0 Å². The van der Waals surface area contributed by atoms with Gasteiger partial charge in [-0.1, -0.05) is 26.0 Å². The number of aromatic hydroxyl groups is 1. The van der Waals surface area contributed by atoms with Crippen molar-refractivity contribution in [2.24, 2.45) is 11.7 Å². The van der Waals surface area contributed by atoms with E-state index in [0.717, 1.165) is 4.90 Å². The number of nitrogens with zero attached hydrogens (tertiary/aromatic N) is 1. The molecule has 12 nitrogen and oxygen atoms in total. The van der Waals surface area contributed by atoms with Crippen molar-refractivity contribution in [1.82, 2.24) is 15.5 Å². The summed E-state index contributed by atoms with van der Waals surface area (Å²) >= 11 is 0. The molecule has 36 heavy (non-hydrogen) atoms. The van der Waals surface area contributed by atoms with Gasteiger partial charge in [0, 0.05) is 19.4 Å². The summed E-state index contributed by atoms with van der Waals surface area (Å²) in [6.07, 6.45) is 0.0375. The van der Waals surface area contributed by atoms with E-state index in [1.807, 2.05) is 0 Å². The molecular weight excluding hydrogens is 472 g/mol. The molecule has 7 N–H and O–H groups in total. The first-order valence-corrected chi connectivity index (χ1v) is 11.8. The normalized spacial score (nSPS) is 17.8. The van der Waals surface area contributed by atoms with Gasteiger partial charge in [-0.15, -0.1) is 0 Å². The number of likely N-dealkylation sites (tertiary alicyclic amines) is 1. The van der Waals surface area contributed by atoms with E-state index in [9.17, 15) is 34.2 Å². The molecule has 0 spiro atoms. The second-order valence-electron chi connectivity index (χ2n) is 9.22. The first-order chi connectivity index (χ1) is 16.9. The predicted octanol–water partition coefficient (Wildman–Crippen LogP) is -0.172. The third kappa shape index (κ3) is 7.94. The van der Waals surface area contributed by atoms with Gasteiger partial charge >= 0.3 is 11.9 Å². The highest BCUT2D eigenvalue weighted by Gasteiger charge is 2.38. The van der Waals surface area contributed by atoms with Crippen LogP contribution in [-0.2, 0) is 30.4 Å². The summed E-state index contributed by atoms with van der Waals surface area (Å²) in [4.78, 5) is 62.9. The quantitative estimate of drug-likeness (QED) is 0.223. The number of hydrogen-bond acceptors (Lipinski definition) is 7. The number of phenolic OH excluding ortho intramolecular Hbond substituents is 1. The smallest absolute Gasteiger partial charge is 0.326 e. The summed E-state index contributed by atoms with van der Waals surface area (Å²) in [6, 6.07) is 1.56. The number of amides is 3. The Morgan fingerprint density at radius 2 is 1.64 bits per heavy atom. The van der Waals surface area contributed by atoms with Crippen LogP contribution in [0, 0.1) is 5.92 Å². The number of hydrogen-bond donors (Lipinski definition) is 6. The molecule has 1 aliphatic heterocycles. The van der Waals surface area contributed by atoms with Gasteiger partial charge in [0.2, 0.25) is 17.7 Å². The molecule has 4 atom stereocenters. The van der Waals surface area contributed by atoms with Crippen LogP contribution in [0.15, 0.2) is 24.3 Å². The Morgan fingerprint density at radius 1 is 1.03 bits per heavy atom. The zero-order valence-electron chi connectivity index (χ0n) is 20.3. The zero-order valence-corrected chi connectivity index (χ0v) is 20.3. The standard InChI is InChI=1S/C24H34N4O8/c1-13(2)20(25)22(33)27-17(12-14-5-7-15(29)8-6-14)21(32)26-16(9-10-19(30)31)23(34)28-11-3-4-18(28)24(35)36/h5-8,13,16-18,20,29H,3-4,9-12,25H2,1-2H3,(H,26,32)(H,27,33)(H,30,31)(H,35,36). The number of rotatable bonds is 12. The van der Waals surface area contributed by atoms with Crippen molar-refractivity contribution in [1.29, 1.82) is 0 Å². The number of nitrogens with one attached hydrogen (secondary N) is 2. The molecule has 0 saturated carbocycles. The molecule has 12 heteroatoms. The highest BCUT2D eigenvalue weighted by Crippen LogP contribution is 2.20. The van der Waals surface area contributed by atoms with Gasteiger partial charge in [-0.2, -0.15) is 0 Å². The van der Waals surface area contributed by atoms with E-state index in [-0.39, 0.29) is 37.5 Å². The summed E-state index contributed by atoms with van der Waals surface area (Å²) in [7, 11) is 0. The van der Waals surface area contributed by atoms with E-state index in [1.165, 1.54) is 12.1 Å². The number of carboxylic acid groups (broad SMARTS) is 2. The number of benzene rings is 1. The number of phenols is 1. The lowest BCUT2D eigenvalue weighted by Crippen LogP contribution is -2.58. The highest BCUT2D eigenvalue weighted by atomic mass is 16.4. The van der Waals surface area contributed by atoms with E-state index in [1.54, 1.807) is 26.0 Å². The van der Waals surface area contributed by atoms with Crippen molar-refractivity contribution < 1.29 is 39.3 Å². The molecular formula is C24H34N4O8. The number of carbonyl (C=O) groups excluding carboxylic acids is 3. The van der Waals surface area contributed by atoms with Gasteiger partial charge in [0.25, 0.3) is 0 Å². The van der Waals surface area contributed by atoms with E-state index in [0.29, 0.717) is 12.0 Å². The minimum absolute atomic E-state index is 0.00394. The molecule has 1 heterocycles. The minimum atomic E-state index is -1.30. The number of carbonyl (C=O) groups is 5. The average Bonchev–Trinajstić information content (AvgIpc) is 3.31. The predicted molar refractivity (Wildman–Crippen MR) is 128 cm³/mol. The summed E-state index contributed by atoms with van der Waals surface area (Å²) in [5, 5.41) is 33.2. The lowest BCUT2D eigenvalue weighted by molar-refractivity contribution is -0.150. The second-order valence-corrected chi connectivity index (χ2v) is 9.22. The fourth-order valence-electron chi connectivity index (χ4n) is 3.93. The molecule has 1 aromatic rings. The maximum atomic E-state index is 13.3. The second kappa shape index (κ2) is 12.9. The third-order valence-electron chi connectivity index (χ3n) is 6.11. The SMILES string of the molecule is CC(C)C(N)C(=O)NC(Cc1ccc(O)cc1)C(=O)NC(CCC(=O)O)C(=O)N1CCCC1C(=O)O. The van der Waals surface area contributed by atoms with Gasteiger partial charge in [0.1, 0.15) is 23.9 Å². The molecule has 0 aromatic heterocycles. The molecule has 1 saturated heterocycles. The molecule has 198 valence electrons. The summed E-state index contributed by atoms with van der Waals surface area (Å²) in [5.41, 5.74) is 6.52. The van der Waals surface area contributed by atoms with Crippen molar-refractivity contribution in [3.05, 3.63) is 29.8 Å². The van der Waals surface area contributed by atoms with Gasteiger partial charge in [0.05, 0.1) is 6.04 Å². The van der Waals surface area contributed by atoms with Gasteiger partial charge in [0.15, 0.2) is 0 Å². The Labute approximate surface area is 208 Å². The fourth-order valence-corrected chi connectivity index (χ4v) is 3.93.